The van der Waals surface area contributed by atoms with Crippen molar-refractivity contribution in [3.05, 3.63) is 29.8 Å². The predicted octanol–water partition coefficient (Wildman–Crippen LogP) is 2.11. The molecule has 2 rings (SSSR count). The molecule has 0 bridgehead atoms. The third-order valence-corrected chi connectivity index (χ3v) is 5.22. The molecule has 0 aliphatic carbocycles. The number of para-hydroxylation sites is 1. The maximum Gasteiger partial charge on any atom is 0.225 e. The molecule has 7 heteroatoms. The highest BCUT2D eigenvalue weighted by molar-refractivity contribution is 5.81. The van der Waals surface area contributed by atoms with Crippen LogP contribution in [0, 0.1) is 5.92 Å². The number of methoxy groups -OCH3 is 1. The summed E-state index contributed by atoms with van der Waals surface area (Å²) < 4.78 is 5.55. The standard InChI is InChI=1S/C22H37N5O2/c1-7-23-22(25-17-12-13-27(15-17)21(28)16(2)3)24-14-19(26(4)5)18-10-8-9-11-20(18)29-6/h8-11,16-17,19H,7,12-15H2,1-6H3,(H2,23,24,25). The monoisotopic (exact) mass is 403 g/mol. The smallest absolute Gasteiger partial charge is 0.225 e. The highest BCUT2D eigenvalue weighted by Crippen LogP contribution is 2.28. The molecular weight excluding hydrogens is 366 g/mol. The van der Waals surface area contributed by atoms with E-state index in [2.05, 4.69) is 42.6 Å². The molecule has 162 valence electrons. The lowest BCUT2D eigenvalue weighted by molar-refractivity contribution is -0.133. The number of aliphatic imine (C=N–C) groups is 1. The van der Waals surface area contributed by atoms with Crippen LogP contribution in [0.25, 0.3) is 0 Å². The van der Waals surface area contributed by atoms with Crippen molar-refractivity contribution in [3.8, 4) is 5.75 Å². The van der Waals surface area contributed by atoms with Crippen LogP contribution in [0.1, 0.15) is 38.8 Å². The van der Waals surface area contributed by atoms with Crippen LogP contribution in [0.5, 0.6) is 5.75 Å². The zero-order valence-electron chi connectivity index (χ0n) is 18.7. The van der Waals surface area contributed by atoms with Crippen molar-refractivity contribution < 1.29 is 9.53 Å². The number of likely N-dealkylation sites (tertiary alicyclic amines) is 1. The van der Waals surface area contributed by atoms with E-state index in [0.29, 0.717) is 6.54 Å². The van der Waals surface area contributed by atoms with Gasteiger partial charge in [-0.2, -0.15) is 0 Å². The first-order valence-corrected chi connectivity index (χ1v) is 10.5. The van der Waals surface area contributed by atoms with Gasteiger partial charge in [0, 0.05) is 37.2 Å². The molecule has 29 heavy (non-hydrogen) atoms. The van der Waals surface area contributed by atoms with Gasteiger partial charge in [-0.15, -0.1) is 0 Å². The molecule has 7 nitrogen and oxygen atoms in total. The lowest BCUT2D eigenvalue weighted by Crippen LogP contribution is -2.45. The Kier molecular flexibility index (Phi) is 8.76. The van der Waals surface area contributed by atoms with Crippen LogP contribution >= 0.6 is 0 Å². The van der Waals surface area contributed by atoms with Crippen LogP contribution in [0.3, 0.4) is 0 Å². The first kappa shape index (κ1) is 23.0. The second-order valence-corrected chi connectivity index (χ2v) is 8.01. The second-order valence-electron chi connectivity index (χ2n) is 8.01. The molecule has 1 heterocycles. The zero-order chi connectivity index (χ0) is 21.4. The molecule has 0 aromatic heterocycles. The van der Waals surface area contributed by atoms with Crippen LogP contribution in [-0.2, 0) is 4.79 Å². The third-order valence-electron chi connectivity index (χ3n) is 5.22. The SMILES string of the molecule is CCNC(=NCC(c1ccccc1OC)N(C)C)NC1CCN(C(=O)C(C)C)C1. The Labute approximate surface area is 175 Å². The summed E-state index contributed by atoms with van der Waals surface area (Å²) in [6, 6.07) is 8.40. The van der Waals surface area contributed by atoms with E-state index in [0.717, 1.165) is 43.3 Å². The Balaban J connectivity index is 2.08. The van der Waals surface area contributed by atoms with Crippen molar-refractivity contribution in [1.29, 1.82) is 0 Å². The van der Waals surface area contributed by atoms with Gasteiger partial charge in [-0.3, -0.25) is 9.79 Å². The number of rotatable bonds is 8. The number of ether oxygens (including phenoxy) is 1. The number of carbonyl (C=O) groups is 1. The molecule has 0 radical (unpaired) electrons. The number of hydrogen-bond donors (Lipinski definition) is 2. The first-order chi connectivity index (χ1) is 13.9. The van der Waals surface area contributed by atoms with Gasteiger partial charge >= 0.3 is 0 Å². The average Bonchev–Trinajstić information content (AvgIpc) is 3.16. The number of nitrogens with one attached hydrogen (secondary N) is 2. The zero-order valence-corrected chi connectivity index (χ0v) is 18.7. The number of likely N-dealkylation sites (N-methyl/N-ethyl adjacent to an activating group) is 1. The van der Waals surface area contributed by atoms with Gasteiger partial charge in [0.25, 0.3) is 0 Å². The molecule has 1 aliphatic rings. The molecule has 1 fully saturated rings. The number of guanidine groups is 1. The van der Waals surface area contributed by atoms with E-state index in [-0.39, 0.29) is 23.9 Å². The minimum Gasteiger partial charge on any atom is -0.496 e. The Morgan fingerprint density at radius 2 is 2.07 bits per heavy atom. The van der Waals surface area contributed by atoms with E-state index >= 15 is 0 Å². The predicted molar refractivity (Wildman–Crippen MR) is 118 cm³/mol. The van der Waals surface area contributed by atoms with Crippen molar-refractivity contribution in [2.45, 2.75) is 39.3 Å². The second kappa shape index (κ2) is 11.0. The minimum absolute atomic E-state index is 0.0392. The van der Waals surface area contributed by atoms with Gasteiger partial charge in [0.2, 0.25) is 5.91 Å². The van der Waals surface area contributed by atoms with Crippen molar-refractivity contribution in [2.24, 2.45) is 10.9 Å². The van der Waals surface area contributed by atoms with Crippen LogP contribution < -0.4 is 15.4 Å². The largest absolute Gasteiger partial charge is 0.496 e. The highest BCUT2D eigenvalue weighted by Gasteiger charge is 2.28. The van der Waals surface area contributed by atoms with Gasteiger partial charge < -0.3 is 25.2 Å². The summed E-state index contributed by atoms with van der Waals surface area (Å²) in [4.78, 5) is 21.2. The fourth-order valence-electron chi connectivity index (χ4n) is 3.62. The average molecular weight is 404 g/mol. The fourth-order valence-corrected chi connectivity index (χ4v) is 3.62. The van der Waals surface area contributed by atoms with Crippen LogP contribution in [0.4, 0.5) is 0 Å². The molecule has 2 unspecified atom stereocenters. The summed E-state index contributed by atoms with van der Waals surface area (Å²) in [5.74, 6) is 1.92. The third kappa shape index (κ3) is 6.35. The van der Waals surface area contributed by atoms with Crippen LogP contribution in [-0.4, -0.2) is 75.1 Å². The van der Waals surface area contributed by atoms with E-state index in [1.165, 1.54) is 0 Å². The normalized spacial score (nSPS) is 18.3. The van der Waals surface area contributed by atoms with Crippen molar-refractivity contribution in [2.75, 3.05) is 47.4 Å². The lowest BCUT2D eigenvalue weighted by Gasteiger charge is -2.26. The molecule has 2 atom stereocenters. The maximum atomic E-state index is 12.2. The number of nitrogens with zero attached hydrogens (tertiary/aromatic N) is 3. The molecule has 1 amide bonds. The summed E-state index contributed by atoms with van der Waals surface area (Å²) in [6.07, 6.45) is 0.937. The van der Waals surface area contributed by atoms with E-state index in [9.17, 15) is 4.79 Å². The number of amides is 1. The molecule has 0 spiro atoms. The molecular formula is C22H37N5O2. The first-order valence-electron chi connectivity index (χ1n) is 10.5. The van der Waals surface area contributed by atoms with Crippen molar-refractivity contribution in [1.82, 2.24) is 20.4 Å². The molecule has 1 aliphatic heterocycles. The van der Waals surface area contributed by atoms with Gasteiger partial charge in [-0.25, -0.2) is 0 Å². The minimum atomic E-state index is 0.0392. The molecule has 0 saturated carbocycles. The molecule has 1 saturated heterocycles. The summed E-state index contributed by atoms with van der Waals surface area (Å²) in [5.41, 5.74) is 1.12. The van der Waals surface area contributed by atoms with Gasteiger partial charge in [0.15, 0.2) is 5.96 Å². The van der Waals surface area contributed by atoms with Crippen molar-refractivity contribution >= 4 is 11.9 Å². The van der Waals surface area contributed by atoms with Gasteiger partial charge in [0.05, 0.1) is 19.7 Å². The quantitative estimate of drug-likeness (QED) is 0.514. The Morgan fingerprint density at radius 1 is 1.34 bits per heavy atom. The molecule has 2 N–H and O–H groups in total. The van der Waals surface area contributed by atoms with E-state index in [1.807, 2.05) is 36.9 Å². The summed E-state index contributed by atoms with van der Waals surface area (Å²) in [6.45, 7) is 8.88. The fraction of sp³-hybridized carbons (Fsp3) is 0.636. The topological polar surface area (TPSA) is 69.2 Å². The Bertz CT molecular complexity index is 690. The Morgan fingerprint density at radius 3 is 2.69 bits per heavy atom. The van der Waals surface area contributed by atoms with Crippen LogP contribution in [0.2, 0.25) is 0 Å². The van der Waals surface area contributed by atoms with E-state index in [4.69, 9.17) is 9.73 Å². The van der Waals surface area contributed by atoms with E-state index < -0.39 is 0 Å². The summed E-state index contributed by atoms with van der Waals surface area (Å²) in [5, 5.41) is 6.85. The molecule has 1 aromatic rings. The number of hydrogen-bond acceptors (Lipinski definition) is 4. The summed E-state index contributed by atoms with van der Waals surface area (Å²) >= 11 is 0. The lowest BCUT2D eigenvalue weighted by atomic mass is 10.0. The van der Waals surface area contributed by atoms with Gasteiger partial charge in [-0.1, -0.05) is 32.0 Å². The Hall–Kier alpha value is -2.28. The molecule has 1 aromatic carbocycles. The van der Waals surface area contributed by atoms with Gasteiger partial charge in [-0.05, 0) is 33.5 Å². The maximum absolute atomic E-state index is 12.2. The van der Waals surface area contributed by atoms with Crippen LogP contribution in [0.15, 0.2) is 29.3 Å². The van der Waals surface area contributed by atoms with Crippen molar-refractivity contribution in [3.63, 3.8) is 0 Å². The number of carbonyl (C=O) groups excluding carboxylic acids is 1. The van der Waals surface area contributed by atoms with E-state index in [1.54, 1.807) is 7.11 Å². The van der Waals surface area contributed by atoms with Gasteiger partial charge in [0.1, 0.15) is 5.75 Å². The summed E-state index contributed by atoms with van der Waals surface area (Å²) in [7, 11) is 5.81. The number of benzene rings is 1. The highest BCUT2D eigenvalue weighted by atomic mass is 16.5.